The molecular formula is C14H21ClN2O4S2. The number of carbonyl (C=O) groups excluding carboxylic acids is 1. The molecule has 6 nitrogen and oxygen atoms in total. The van der Waals surface area contributed by atoms with Gasteiger partial charge in [0.05, 0.1) is 17.6 Å². The van der Waals surface area contributed by atoms with Gasteiger partial charge in [-0.3, -0.25) is 4.79 Å². The lowest BCUT2D eigenvalue weighted by Gasteiger charge is -2.31. The smallest absolute Gasteiger partial charge is 0.250 e. The maximum absolute atomic E-state index is 12.7. The molecule has 0 spiro atoms. The van der Waals surface area contributed by atoms with Gasteiger partial charge >= 0.3 is 0 Å². The van der Waals surface area contributed by atoms with Crippen LogP contribution in [0.4, 0.5) is 0 Å². The molecule has 0 bridgehead atoms. The average Bonchev–Trinajstić information content (AvgIpc) is 2.93. The predicted octanol–water partition coefficient (Wildman–Crippen LogP) is 1.95. The number of hydrogen-bond donors (Lipinski definition) is 1. The largest absolute Gasteiger partial charge is 0.378 e. The Bertz CT molecular complexity index is 639. The Morgan fingerprint density at radius 2 is 2.04 bits per heavy atom. The first kappa shape index (κ1) is 18.7. The summed E-state index contributed by atoms with van der Waals surface area (Å²) in [5, 5.41) is 0. The van der Waals surface area contributed by atoms with Crippen molar-refractivity contribution in [2.75, 3.05) is 26.3 Å². The number of amides is 1. The number of hydrogen-bond acceptors (Lipinski definition) is 5. The number of thiophene rings is 1. The molecule has 1 aromatic heterocycles. The zero-order valence-electron chi connectivity index (χ0n) is 13.1. The molecule has 9 heteroatoms. The van der Waals surface area contributed by atoms with E-state index in [9.17, 15) is 13.2 Å². The number of ether oxygens (including phenoxy) is 1. The van der Waals surface area contributed by atoms with E-state index in [1.165, 1.54) is 12.1 Å². The molecule has 0 aliphatic carbocycles. The third-order valence-corrected chi connectivity index (χ3v) is 6.63. The number of nitrogens with zero attached hydrogens (tertiary/aromatic N) is 1. The molecular weight excluding hydrogens is 360 g/mol. The van der Waals surface area contributed by atoms with E-state index in [1.807, 2.05) is 13.8 Å². The van der Waals surface area contributed by atoms with Crippen LogP contribution in [0.1, 0.15) is 20.3 Å². The lowest BCUT2D eigenvalue weighted by Crippen LogP contribution is -2.52. The number of halogens is 1. The van der Waals surface area contributed by atoms with Crippen LogP contribution in [0.15, 0.2) is 16.3 Å². The van der Waals surface area contributed by atoms with Gasteiger partial charge in [-0.1, -0.05) is 25.4 Å². The van der Waals surface area contributed by atoms with E-state index < -0.39 is 16.1 Å². The Kier molecular flexibility index (Phi) is 6.44. The van der Waals surface area contributed by atoms with Gasteiger partial charge in [0, 0.05) is 13.1 Å². The van der Waals surface area contributed by atoms with Crippen molar-refractivity contribution >= 4 is 38.9 Å². The maximum Gasteiger partial charge on any atom is 0.250 e. The summed E-state index contributed by atoms with van der Waals surface area (Å²) in [6.45, 7) is 5.84. The molecule has 1 N–H and O–H groups in total. The Balaban J connectivity index is 2.16. The van der Waals surface area contributed by atoms with Crippen LogP contribution in [0.3, 0.4) is 0 Å². The summed E-state index contributed by atoms with van der Waals surface area (Å²) in [7, 11) is -3.76. The van der Waals surface area contributed by atoms with E-state index in [4.69, 9.17) is 16.3 Å². The highest BCUT2D eigenvalue weighted by Gasteiger charge is 2.31. The second kappa shape index (κ2) is 7.94. The van der Waals surface area contributed by atoms with E-state index in [0.717, 1.165) is 11.3 Å². The summed E-state index contributed by atoms with van der Waals surface area (Å²) in [6.07, 6.45) is 0.439. The number of rotatable bonds is 6. The number of sulfonamides is 1. The monoisotopic (exact) mass is 380 g/mol. The minimum Gasteiger partial charge on any atom is -0.378 e. The molecule has 0 saturated carbocycles. The summed E-state index contributed by atoms with van der Waals surface area (Å²) in [5.74, 6) is -0.0205. The molecule has 2 heterocycles. The zero-order chi connectivity index (χ0) is 17.0. The van der Waals surface area contributed by atoms with Crippen molar-refractivity contribution in [1.82, 2.24) is 9.62 Å². The van der Waals surface area contributed by atoms with E-state index in [1.54, 1.807) is 4.90 Å². The molecule has 0 unspecified atom stereocenters. The van der Waals surface area contributed by atoms with Gasteiger partial charge < -0.3 is 9.64 Å². The molecule has 23 heavy (non-hydrogen) atoms. The molecule has 1 saturated heterocycles. The summed E-state index contributed by atoms with van der Waals surface area (Å²) < 4.78 is 33.2. The third kappa shape index (κ3) is 5.15. The first-order chi connectivity index (χ1) is 10.8. The van der Waals surface area contributed by atoms with Crippen molar-refractivity contribution in [2.45, 2.75) is 30.5 Å². The maximum atomic E-state index is 12.7. The van der Waals surface area contributed by atoms with Gasteiger partial charge in [0.15, 0.2) is 0 Å². The second-order valence-corrected chi connectivity index (χ2v) is 9.46. The van der Waals surface area contributed by atoms with Crippen molar-refractivity contribution < 1.29 is 17.9 Å². The van der Waals surface area contributed by atoms with Gasteiger partial charge in [0.1, 0.15) is 10.3 Å². The van der Waals surface area contributed by atoms with Gasteiger partial charge in [-0.25, -0.2) is 8.42 Å². The van der Waals surface area contributed by atoms with Gasteiger partial charge in [0.2, 0.25) is 5.91 Å². The molecule has 2 rings (SSSR count). The van der Waals surface area contributed by atoms with E-state index in [0.29, 0.717) is 37.1 Å². The normalized spacial score (nSPS) is 17.5. The summed E-state index contributed by atoms with van der Waals surface area (Å²) in [5.41, 5.74) is 0. The zero-order valence-corrected chi connectivity index (χ0v) is 15.5. The fraction of sp³-hybridized carbons (Fsp3) is 0.643. The SMILES string of the molecule is CC(C)C[C@H](NS(=O)(=O)c1ccc(Cl)s1)C(=O)N1CCOCC1. The van der Waals surface area contributed by atoms with Crippen molar-refractivity contribution in [3.05, 3.63) is 16.5 Å². The highest BCUT2D eigenvalue weighted by atomic mass is 35.5. The van der Waals surface area contributed by atoms with Crippen LogP contribution in [-0.2, 0) is 19.6 Å². The van der Waals surface area contributed by atoms with E-state index >= 15 is 0 Å². The number of carbonyl (C=O) groups is 1. The molecule has 0 radical (unpaired) electrons. The van der Waals surface area contributed by atoms with Crippen LogP contribution in [0.25, 0.3) is 0 Å². The van der Waals surface area contributed by atoms with Crippen LogP contribution >= 0.6 is 22.9 Å². The minimum absolute atomic E-state index is 0.117. The Morgan fingerprint density at radius 3 is 2.57 bits per heavy atom. The fourth-order valence-electron chi connectivity index (χ4n) is 2.36. The minimum atomic E-state index is -3.76. The number of morpholine rings is 1. The lowest BCUT2D eigenvalue weighted by molar-refractivity contribution is -0.137. The lowest BCUT2D eigenvalue weighted by atomic mass is 10.0. The molecule has 1 aliphatic heterocycles. The highest BCUT2D eigenvalue weighted by Crippen LogP contribution is 2.26. The van der Waals surface area contributed by atoms with Crippen molar-refractivity contribution in [3.8, 4) is 0 Å². The van der Waals surface area contributed by atoms with Crippen LogP contribution < -0.4 is 4.72 Å². The summed E-state index contributed by atoms with van der Waals surface area (Å²) in [6, 6.07) is 2.20. The van der Waals surface area contributed by atoms with Crippen molar-refractivity contribution in [1.29, 1.82) is 0 Å². The standard InChI is InChI=1S/C14H21ClN2O4S2/c1-10(2)9-11(14(18)17-5-7-21-8-6-17)16-23(19,20)13-4-3-12(15)22-13/h3-4,10-11,16H,5-9H2,1-2H3/t11-/m0/s1. The second-order valence-electron chi connectivity index (χ2n) is 5.80. The van der Waals surface area contributed by atoms with Gasteiger partial charge in [-0.15, -0.1) is 11.3 Å². The van der Waals surface area contributed by atoms with Crippen LogP contribution in [0, 0.1) is 5.92 Å². The molecule has 130 valence electrons. The predicted molar refractivity (Wildman–Crippen MR) is 90.3 cm³/mol. The van der Waals surface area contributed by atoms with Crippen LogP contribution in [0.2, 0.25) is 4.34 Å². The van der Waals surface area contributed by atoms with Crippen LogP contribution in [-0.4, -0.2) is 51.6 Å². The van der Waals surface area contributed by atoms with E-state index in [2.05, 4.69) is 4.72 Å². The van der Waals surface area contributed by atoms with Crippen molar-refractivity contribution in [2.24, 2.45) is 5.92 Å². The van der Waals surface area contributed by atoms with Crippen LogP contribution in [0.5, 0.6) is 0 Å². The fourth-order valence-corrected chi connectivity index (χ4v) is 5.06. The number of nitrogens with one attached hydrogen (secondary N) is 1. The first-order valence-corrected chi connectivity index (χ1v) is 10.1. The Labute approximate surface area is 145 Å². The summed E-state index contributed by atoms with van der Waals surface area (Å²) >= 11 is 6.78. The molecule has 1 aromatic rings. The average molecular weight is 381 g/mol. The molecule has 1 fully saturated rings. The quantitative estimate of drug-likeness (QED) is 0.818. The summed E-state index contributed by atoms with van der Waals surface area (Å²) in [4.78, 5) is 14.3. The van der Waals surface area contributed by atoms with Gasteiger partial charge in [-0.05, 0) is 24.5 Å². The Morgan fingerprint density at radius 1 is 1.39 bits per heavy atom. The topological polar surface area (TPSA) is 75.7 Å². The first-order valence-electron chi connectivity index (χ1n) is 7.44. The highest BCUT2D eigenvalue weighted by molar-refractivity contribution is 7.91. The van der Waals surface area contributed by atoms with Crippen molar-refractivity contribution in [3.63, 3.8) is 0 Å². The molecule has 1 atom stereocenters. The molecule has 1 aliphatic rings. The third-order valence-electron chi connectivity index (χ3n) is 3.44. The van der Waals surface area contributed by atoms with Gasteiger partial charge in [-0.2, -0.15) is 4.72 Å². The Hall–Kier alpha value is -0.670. The van der Waals surface area contributed by atoms with E-state index in [-0.39, 0.29) is 16.0 Å². The molecule has 0 aromatic carbocycles. The van der Waals surface area contributed by atoms with Gasteiger partial charge in [0.25, 0.3) is 10.0 Å². The molecule has 1 amide bonds.